The number of nitrogens with two attached hydrogens (primary N) is 1. The first-order valence-electron chi connectivity index (χ1n) is 5.75. The lowest BCUT2D eigenvalue weighted by molar-refractivity contribution is -0.121. The molecular formula is C11H16N6O. The molecule has 2 heterocycles. The molecule has 0 fully saturated rings. The number of carbonyl (C=O) groups excluding carboxylic acids is 1. The van der Waals surface area contributed by atoms with Crippen LogP contribution in [0.2, 0.25) is 0 Å². The molecule has 1 unspecified atom stereocenters. The maximum Gasteiger partial charge on any atom is 0.242 e. The topological polar surface area (TPSA) is 97.3 Å². The van der Waals surface area contributed by atoms with Crippen molar-refractivity contribution in [2.24, 2.45) is 0 Å². The summed E-state index contributed by atoms with van der Waals surface area (Å²) in [4.78, 5) is 20.0. The first kappa shape index (κ1) is 12.2. The number of nitrogens with zero attached hydrogens (tertiary/aromatic N) is 3. The van der Waals surface area contributed by atoms with E-state index in [0.29, 0.717) is 23.8 Å². The van der Waals surface area contributed by atoms with E-state index in [0.717, 1.165) is 0 Å². The van der Waals surface area contributed by atoms with Crippen LogP contribution >= 0.6 is 0 Å². The lowest BCUT2D eigenvalue weighted by Gasteiger charge is -2.14. The fourth-order valence-corrected chi connectivity index (χ4v) is 1.65. The minimum Gasteiger partial charge on any atom is -0.382 e. The highest BCUT2D eigenvalue weighted by Crippen LogP contribution is 2.15. The summed E-state index contributed by atoms with van der Waals surface area (Å²) in [7, 11) is 0. The Labute approximate surface area is 104 Å². The molecule has 0 radical (unpaired) electrons. The smallest absolute Gasteiger partial charge is 0.242 e. The molecule has 0 aromatic carbocycles. The largest absolute Gasteiger partial charge is 0.382 e. The van der Waals surface area contributed by atoms with Gasteiger partial charge in [0.25, 0.3) is 0 Å². The predicted octanol–water partition coefficient (Wildman–Crippen LogP) is 0.248. The SMILES string of the molecule is CCNC(=O)C(C)Nc1nc(N)cn2ccnc12. The zero-order valence-corrected chi connectivity index (χ0v) is 10.3. The average molecular weight is 248 g/mol. The van der Waals surface area contributed by atoms with E-state index in [1.165, 1.54) is 0 Å². The van der Waals surface area contributed by atoms with Gasteiger partial charge in [-0.25, -0.2) is 9.97 Å². The molecule has 18 heavy (non-hydrogen) atoms. The summed E-state index contributed by atoms with van der Waals surface area (Å²) in [5.74, 6) is 0.774. The third-order valence-corrected chi connectivity index (χ3v) is 2.49. The third-order valence-electron chi connectivity index (χ3n) is 2.49. The molecule has 0 saturated carbocycles. The van der Waals surface area contributed by atoms with Crippen molar-refractivity contribution in [3.63, 3.8) is 0 Å². The summed E-state index contributed by atoms with van der Waals surface area (Å²) in [5, 5.41) is 5.74. The van der Waals surface area contributed by atoms with Crippen molar-refractivity contribution in [3.8, 4) is 0 Å². The number of imidazole rings is 1. The Morgan fingerprint density at radius 2 is 2.39 bits per heavy atom. The molecule has 1 amide bonds. The van der Waals surface area contributed by atoms with Gasteiger partial charge in [0.2, 0.25) is 5.91 Å². The Balaban J connectivity index is 2.25. The van der Waals surface area contributed by atoms with Crippen LogP contribution in [0.25, 0.3) is 5.65 Å². The second-order valence-corrected chi connectivity index (χ2v) is 3.93. The first-order valence-corrected chi connectivity index (χ1v) is 5.75. The Morgan fingerprint density at radius 1 is 1.61 bits per heavy atom. The van der Waals surface area contributed by atoms with Crippen LogP contribution in [0.4, 0.5) is 11.6 Å². The molecule has 2 rings (SSSR count). The van der Waals surface area contributed by atoms with E-state index in [1.54, 1.807) is 29.9 Å². The Kier molecular flexibility index (Phi) is 3.31. The Morgan fingerprint density at radius 3 is 3.11 bits per heavy atom. The zero-order valence-electron chi connectivity index (χ0n) is 10.3. The summed E-state index contributed by atoms with van der Waals surface area (Å²) in [6.07, 6.45) is 5.10. The maximum atomic E-state index is 11.6. The summed E-state index contributed by atoms with van der Waals surface area (Å²) in [6.45, 7) is 4.22. The highest BCUT2D eigenvalue weighted by atomic mass is 16.2. The lowest BCUT2D eigenvalue weighted by atomic mass is 10.3. The summed E-state index contributed by atoms with van der Waals surface area (Å²) in [6, 6.07) is -0.403. The Hall–Kier alpha value is -2.31. The lowest BCUT2D eigenvalue weighted by Crippen LogP contribution is -2.37. The number of fused-ring (bicyclic) bond motifs is 1. The Bertz CT molecular complexity index is 564. The number of rotatable bonds is 4. The van der Waals surface area contributed by atoms with Gasteiger partial charge < -0.3 is 20.8 Å². The monoisotopic (exact) mass is 248 g/mol. The van der Waals surface area contributed by atoms with E-state index < -0.39 is 6.04 Å². The number of aromatic nitrogens is 3. The molecule has 0 aliphatic heterocycles. The van der Waals surface area contributed by atoms with Gasteiger partial charge in [-0.3, -0.25) is 4.79 Å². The van der Waals surface area contributed by atoms with Crippen LogP contribution in [0, 0.1) is 0 Å². The van der Waals surface area contributed by atoms with Gasteiger partial charge in [0, 0.05) is 18.9 Å². The van der Waals surface area contributed by atoms with Gasteiger partial charge in [0.05, 0.1) is 6.20 Å². The van der Waals surface area contributed by atoms with E-state index in [1.807, 2.05) is 6.92 Å². The summed E-state index contributed by atoms with van der Waals surface area (Å²) in [5.41, 5.74) is 6.33. The van der Waals surface area contributed by atoms with Gasteiger partial charge in [-0.1, -0.05) is 0 Å². The van der Waals surface area contributed by atoms with Gasteiger partial charge in [-0.15, -0.1) is 0 Å². The van der Waals surface area contributed by atoms with Gasteiger partial charge >= 0.3 is 0 Å². The second kappa shape index (κ2) is 4.91. The molecule has 2 aromatic heterocycles. The molecule has 2 aromatic rings. The molecule has 1 atom stereocenters. The third kappa shape index (κ3) is 2.34. The minimum absolute atomic E-state index is 0.0913. The molecular weight excluding hydrogens is 232 g/mol. The zero-order chi connectivity index (χ0) is 13.1. The number of nitrogen functional groups attached to an aromatic ring is 1. The van der Waals surface area contributed by atoms with Crippen molar-refractivity contribution in [1.82, 2.24) is 19.7 Å². The fraction of sp³-hybridized carbons (Fsp3) is 0.364. The number of anilines is 2. The number of likely N-dealkylation sites (N-methyl/N-ethyl adjacent to an activating group) is 1. The van der Waals surface area contributed by atoms with Crippen LogP contribution < -0.4 is 16.4 Å². The predicted molar refractivity (Wildman–Crippen MR) is 69.2 cm³/mol. The molecule has 0 saturated heterocycles. The minimum atomic E-state index is -0.403. The van der Waals surface area contributed by atoms with Gasteiger partial charge in [-0.05, 0) is 13.8 Å². The molecule has 7 nitrogen and oxygen atoms in total. The molecule has 0 spiro atoms. The van der Waals surface area contributed by atoms with Crippen molar-refractivity contribution in [2.75, 3.05) is 17.6 Å². The van der Waals surface area contributed by atoms with E-state index in [2.05, 4.69) is 20.6 Å². The van der Waals surface area contributed by atoms with E-state index in [4.69, 9.17) is 5.73 Å². The average Bonchev–Trinajstić information content (AvgIpc) is 2.77. The van der Waals surface area contributed by atoms with Crippen LogP contribution in [-0.4, -0.2) is 32.9 Å². The standard InChI is InChI=1S/C11H16N6O/c1-3-13-11(18)7(2)15-9-10-14-4-5-17(10)6-8(12)16-9/h4-7H,3,12H2,1-2H3,(H,13,18)(H,15,16). The maximum absolute atomic E-state index is 11.6. The van der Waals surface area contributed by atoms with Crippen molar-refractivity contribution in [3.05, 3.63) is 18.6 Å². The van der Waals surface area contributed by atoms with Crippen LogP contribution in [0.1, 0.15) is 13.8 Å². The van der Waals surface area contributed by atoms with E-state index >= 15 is 0 Å². The number of hydrogen-bond acceptors (Lipinski definition) is 5. The van der Waals surface area contributed by atoms with Gasteiger partial charge in [0.15, 0.2) is 11.5 Å². The van der Waals surface area contributed by atoms with Crippen molar-refractivity contribution >= 4 is 23.2 Å². The molecule has 0 bridgehead atoms. The molecule has 4 N–H and O–H groups in total. The fourth-order valence-electron chi connectivity index (χ4n) is 1.65. The normalized spacial score (nSPS) is 12.3. The first-order chi connectivity index (χ1) is 8.61. The molecule has 0 aliphatic rings. The van der Waals surface area contributed by atoms with Crippen LogP contribution in [0.3, 0.4) is 0 Å². The summed E-state index contributed by atoms with van der Waals surface area (Å²) < 4.78 is 1.76. The van der Waals surface area contributed by atoms with Crippen molar-refractivity contribution in [2.45, 2.75) is 19.9 Å². The second-order valence-electron chi connectivity index (χ2n) is 3.93. The molecule has 7 heteroatoms. The quantitative estimate of drug-likeness (QED) is 0.720. The number of carbonyl (C=O) groups is 1. The highest BCUT2D eigenvalue weighted by Gasteiger charge is 2.14. The van der Waals surface area contributed by atoms with Gasteiger partial charge in [-0.2, -0.15) is 0 Å². The van der Waals surface area contributed by atoms with Crippen LogP contribution in [-0.2, 0) is 4.79 Å². The van der Waals surface area contributed by atoms with Crippen molar-refractivity contribution in [1.29, 1.82) is 0 Å². The van der Waals surface area contributed by atoms with Crippen LogP contribution in [0.15, 0.2) is 18.6 Å². The van der Waals surface area contributed by atoms with Crippen LogP contribution in [0.5, 0.6) is 0 Å². The van der Waals surface area contributed by atoms with Crippen molar-refractivity contribution < 1.29 is 4.79 Å². The van der Waals surface area contributed by atoms with Gasteiger partial charge in [0.1, 0.15) is 11.9 Å². The molecule has 96 valence electrons. The number of nitrogens with one attached hydrogen (secondary N) is 2. The number of amides is 1. The number of hydrogen-bond donors (Lipinski definition) is 3. The summed E-state index contributed by atoms with van der Waals surface area (Å²) >= 11 is 0. The highest BCUT2D eigenvalue weighted by molar-refractivity contribution is 5.85. The van der Waals surface area contributed by atoms with E-state index in [9.17, 15) is 4.79 Å². The van der Waals surface area contributed by atoms with E-state index in [-0.39, 0.29) is 5.91 Å². The molecule has 0 aliphatic carbocycles.